The highest BCUT2D eigenvalue weighted by Crippen LogP contribution is 2.31. The van der Waals surface area contributed by atoms with E-state index in [1.807, 2.05) is 24.0 Å². The number of anilines is 2. The van der Waals surface area contributed by atoms with Crippen LogP contribution in [0.2, 0.25) is 0 Å². The first-order valence-corrected chi connectivity index (χ1v) is 9.91. The summed E-state index contributed by atoms with van der Waals surface area (Å²) in [5.41, 5.74) is 2.53. The number of nitrogens with one attached hydrogen (secondary N) is 1. The van der Waals surface area contributed by atoms with Crippen molar-refractivity contribution in [2.45, 2.75) is 46.5 Å². The molecule has 1 aromatic carbocycles. The lowest BCUT2D eigenvalue weighted by Crippen LogP contribution is -2.36. The molecule has 5 nitrogen and oxygen atoms in total. The van der Waals surface area contributed by atoms with Crippen LogP contribution in [-0.2, 0) is 21.2 Å². The summed E-state index contributed by atoms with van der Waals surface area (Å²) in [6, 6.07) is 5.46. The number of rotatable bonds is 7. The highest BCUT2D eigenvalue weighted by molar-refractivity contribution is 7.92. The molecular weight excluding hydrogens is 312 g/mol. The number of fused-ring (bicyclic) bond motifs is 1. The van der Waals surface area contributed by atoms with Crippen LogP contribution in [0.4, 0.5) is 11.4 Å². The number of amides is 1. The standard InChI is InChI=1S/C17H26N2O3S/c1-4-11-23(21,22)18-15-6-7-16-14(12-15)5-8-17(20)19(16)10-9-13(2)3/h6-7,12-13,18H,4-5,8-11H2,1-3H3. The Kier molecular flexibility index (Phi) is 5.68. The van der Waals surface area contributed by atoms with Crippen molar-refractivity contribution in [3.63, 3.8) is 0 Å². The molecule has 1 aliphatic heterocycles. The van der Waals surface area contributed by atoms with Crippen molar-refractivity contribution in [3.8, 4) is 0 Å². The van der Waals surface area contributed by atoms with Crippen molar-refractivity contribution in [1.29, 1.82) is 0 Å². The van der Waals surface area contributed by atoms with Crippen molar-refractivity contribution < 1.29 is 13.2 Å². The van der Waals surface area contributed by atoms with Crippen molar-refractivity contribution in [3.05, 3.63) is 23.8 Å². The van der Waals surface area contributed by atoms with Crippen LogP contribution in [0.5, 0.6) is 0 Å². The van der Waals surface area contributed by atoms with Gasteiger partial charge in [-0.15, -0.1) is 0 Å². The van der Waals surface area contributed by atoms with Crippen LogP contribution >= 0.6 is 0 Å². The summed E-state index contributed by atoms with van der Waals surface area (Å²) in [4.78, 5) is 14.0. The second-order valence-corrected chi connectivity index (χ2v) is 8.33. The number of nitrogens with zero attached hydrogens (tertiary/aromatic N) is 1. The quantitative estimate of drug-likeness (QED) is 0.830. The molecule has 1 aliphatic rings. The van der Waals surface area contributed by atoms with Gasteiger partial charge in [0.1, 0.15) is 0 Å². The van der Waals surface area contributed by atoms with Crippen molar-refractivity contribution >= 4 is 27.3 Å². The number of hydrogen-bond acceptors (Lipinski definition) is 3. The highest BCUT2D eigenvalue weighted by Gasteiger charge is 2.24. The average molecular weight is 338 g/mol. The summed E-state index contributed by atoms with van der Waals surface area (Å²) in [5.74, 6) is 0.800. The van der Waals surface area contributed by atoms with Gasteiger partial charge in [-0.1, -0.05) is 20.8 Å². The fourth-order valence-electron chi connectivity index (χ4n) is 2.76. The van der Waals surface area contributed by atoms with E-state index in [4.69, 9.17) is 0 Å². The minimum Gasteiger partial charge on any atom is -0.312 e. The number of carbonyl (C=O) groups excluding carboxylic acids is 1. The van der Waals surface area contributed by atoms with Gasteiger partial charge in [0, 0.05) is 24.3 Å². The van der Waals surface area contributed by atoms with Gasteiger partial charge < -0.3 is 4.90 Å². The molecule has 0 atom stereocenters. The van der Waals surface area contributed by atoms with Gasteiger partial charge >= 0.3 is 0 Å². The highest BCUT2D eigenvalue weighted by atomic mass is 32.2. The van der Waals surface area contributed by atoms with E-state index in [0.717, 1.165) is 17.7 Å². The summed E-state index contributed by atoms with van der Waals surface area (Å²) >= 11 is 0. The Morgan fingerprint density at radius 2 is 2.00 bits per heavy atom. The minimum absolute atomic E-state index is 0.114. The lowest BCUT2D eigenvalue weighted by Gasteiger charge is -2.30. The Bertz CT molecular complexity index is 668. The second kappa shape index (κ2) is 7.34. The maximum absolute atomic E-state index is 12.2. The van der Waals surface area contributed by atoms with Crippen LogP contribution in [0.1, 0.15) is 45.6 Å². The minimum atomic E-state index is -3.29. The summed E-state index contributed by atoms with van der Waals surface area (Å²) in [6.07, 6.45) is 2.68. The molecule has 6 heteroatoms. The molecule has 0 aromatic heterocycles. The molecule has 0 bridgehead atoms. The van der Waals surface area contributed by atoms with E-state index < -0.39 is 10.0 Å². The van der Waals surface area contributed by atoms with E-state index in [0.29, 0.717) is 37.4 Å². The normalized spacial score (nSPS) is 15.0. The van der Waals surface area contributed by atoms with Gasteiger partial charge in [0.2, 0.25) is 15.9 Å². The van der Waals surface area contributed by atoms with Crippen LogP contribution in [0.25, 0.3) is 0 Å². The van der Waals surface area contributed by atoms with Gasteiger partial charge in [0.15, 0.2) is 0 Å². The zero-order valence-corrected chi connectivity index (χ0v) is 14.9. The SMILES string of the molecule is CCCS(=O)(=O)Nc1ccc2c(c1)CCC(=O)N2CCC(C)C. The van der Waals surface area contributed by atoms with E-state index in [1.54, 1.807) is 6.07 Å². The van der Waals surface area contributed by atoms with Crippen LogP contribution in [-0.4, -0.2) is 26.6 Å². The number of benzene rings is 1. The Hall–Kier alpha value is -1.56. The molecule has 0 saturated heterocycles. The fraction of sp³-hybridized carbons (Fsp3) is 0.588. The molecule has 0 radical (unpaired) electrons. The topological polar surface area (TPSA) is 66.5 Å². The van der Waals surface area contributed by atoms with Crippen molar-refractivity contribution in [1.82, 2.24) is 0 Å². The van der Waals surface area contributed by atoms with Crippen LogP contribution in [0.3, 0.4) is 0 Å². The zero-order valence-electron chi connectivity index (χ0n) is 14.1. The predicted molar refractivity (Wildman–Crippen MR) is 94.3 cm³/mol. The molecule has 0 spiro atoms. The molecule has 1 amide bonds. The van der Waals surface area contributed by atoms with E-state index in [-0.39, 0.29) is 11.7 Å². The number of hydrogen-bond donors (Lipinski definition) is 1. The summed E-state index contributed by atoms with van der Waals surface area (Å²) in [7, 11) is -3.29. The second-order valence-electron chi connectivity index (χ2n) is 6.49. The van der Waals surface area contributed by atoms with E-state index in [1.165, 1.54) is 0 Å². The molecule has 2 rings (SSSR count). The largest absolute Gasteiger partial charge is 0.312 e. The Balaban J connectivity index is 2.21. The lowest BCUT2D eigenvalue weighted by atomic mass is 9.99. The third-order valence-electron chi connectivity index (χ3n) is 3.96. The van der Waals surface area contributed by atoms with Crippen LogP contribution in [0.15, 0.2) is 18.2 Å². The third-order valence-corrected chi connectivity index (χ3v) is 5.45. The average Bonchev–Trinajstić information content (AvgIpc) is 2.45. The summed E-state index contributed by atoms with van der Waals surface area (Å²) < 4.78 is 26.4. The Labute approximate surface area is 139 Å². The molecule has 1 heterocycles. The molecule has 0 fully saturated rings. The monoisotopic (exact) mass is 338 g/mol. The van der Waals surface area contributed by atoms with Gasteiger partial charge in [-0.2, -0.15) is 0 Å². The van der Waals surface area contributed by atoms with E-state index >= 15 is 0 Å². The molecule has 128 valence electrons. The van der Waals surface area contributed by atoms with Gasteiger partial charge in [-0.3, -0.25) is 9.52 Å². The first-order valence-electron chi connectivity index (χ1n) is 8.26. The first kappa shape index (κ1) is 17.8. The summed E-state index contributed by atoms with van der Waals surface area (Å²) in [5, 5.41) is 0. The zero-order chi connectivity index (χ0) is 17.0. The molecule has 0 saturated carbocycles. The van der Waals surface area contributed by atoms with E-state index in [2.05, 4.69) is 18.6 Å². The first-order chi connectivity index (χ1) is 10.8. The molecular formula is C17H26N2O3S. The van der Waals surface area contributed by atoms with Crippen LogP contribution < -0.4 is 9.62 Å². The van der Waals surface area contributed by atoms with Gasteiger partial charge in [-0.05, 0) is 48.9 Å². The van der Waals surface area contributed by atoms with Crippen LogP contribution in [0, 0.1) is 5.92 Å². The van der Waals surface area contributed by atoms with Crippen molar-refractivity contribution in [2.75, 3.05) is 21.9 Å². The fourth-order valence-corrected chi connectivity index (χ4v) is 3.88. The molecule has 1 aromatic rings. The molecule has 0 unspecified atom stereocenters. The number of sulfonamides is 1. The molecule has 0 aliphatic carbocycles. The Morgan fingerprint density at radius 1 is 1.26 bits per heavy atom. The third kappa shape index (κ3) is 4.70. The van der Waals surface area contributed by atoms with Gasteiger partial charge in [0.25, 0.3) is 0 Å². The summed E-state index contributed by atoms with van der Waals surface area (Å²) in [6.45, 7) is 6.83. The van der Waals surface area contributed by atoms with E-state index in [9.17, 15) is 13.2 Å². The maximum Gasteiger partial charge on any atom is 0.232 e. The van der Waals surface area contributed by atoms with Crippen molar-refractivity contribution in [2.24, 2.45) is 5.92 Å². The lowest BCUT2D eigenvalue weighted by molar-refractivity contribution is -0.118. The van der Waals surface area contributed by atoms with Gasteiger partial charge in [-0.25, -0.2) is 8.42 Å². The predicted octanol–water partition coefficient (Wildman–Crippen LogP) is 3.16. The molecule has 1 N–H and O–H groups in total. The Morgan fingerprint density at radius 3 is 2.65 bits per heavy atom. The smallest absolute Gasteiger partial charge is 0.232 e. The molecule has 23 heavy (non-hydrogen) atoms. The number of aryl methyl sites for hydroxylation is 1. The maximum atomic E-state index is 12.2. The number of carbonyl (C=O) groups is 1. The van der Waals surface area contributed by atoms with Gasteiger partial charge in [0.05, 0.1) is 5.75 Å².